The van der Waals surface area contributed by atoms with Crippen molar-refractivity contribution in [2.24, 2.45) is 5.18 Å². The van der Waals surface area contributed by atoms with Gasteiger partial charge in [0, 0.05) is 6.54 Å². The first-order chi connectivity index (χ1) is 3.31. The lowest BCUT2D eigenvalue weighted by Crippen LogP contribution is -2.20. The molecule has 0 heterocycles. The summed E-state index contributed by atoms with van der Waals surface area (Å²) in [6.07, 6.45) is -1.09. The third kappa shape index (κ3) is 3.35. The van der Waals surface area contributed by atoms with Crippen molar-refractivity contribution in [3.8, 4) is 0 Å². The van der Waals surface area contributed by atoms with Gasteiger partial charge in [-0.15, -0.1) is 4.91 Å². The molecule has 0 spiro atoms. The van der Waals surface area contributed by atoms with Crippen LogP contribution in [0.15, 0.2) is 5.18 Å². The van der Waals surface area contributed by atoms with Crippen LogP contribution in [0.25, 0.3) is 0 Å². The molecule has 42 valence electrons. The van der Waals surface area contributed by atoms with Crippen molar-refractivity contribution in [2.45, 2.75) is 6.23 Å². The highest BCUT2D eigenvalue weighted by molar-refractivity contribution is 4.49. The second kappa shape index (κ2) is 3.70. The van der Waals surface area contributed by atoms with Gasteiger partial charge < -0.3 is 10.4 Å². The first-order valence-corrected chi connectivity index (χ1v) is 1.96. The highest BCUT2D eigenvalue weighted by Gasteiger charge is 1.95. The van der Waals surface area contributed by atoms with E-state index in [1.54, 1.807) is 7.05 Å². The summed E-state index contributed by atoms with van der Waals surface area (Å²) in [6.45, 7) is 0.226. The van der Waals surface area contributed by atoms with Crippen LogP contribution in [-0.2, 0) is 0 Å². The number of nitroso groups, excluding NO2 is 1. The Morgan fingerprint density at radius 2 is 2.57 bits per heavy atom. The second-order valence-electron chi connectivity index (χ2n) is 1.14. The largest absolute Gasteiger partial charge is 0.368 e. The summed E-state index contributed by atoms with van der Waals surface area (Å²) >= 11 is 0. The van der Waals surface area contributed by atoms with Gasteiger partial charge in [-0.3, -0.25) is 0 Å². The predicted molar refractivity (Wildman–Crippen MR) is 25.7 cm³/mol. The van der Waals surface area contributed by atoms with E-state index >= 15 is 0 Å². The molecule has 0 saturated heterocycles. The third-order valence-electron chi connectivity index (χ3n) is 0.508. The number of aliphatic hydroxyl groups is 1. The standard InChI is InChI=1S/C3H8N2O2/c1-4-2-3(6)5-7/h3-4,6H,2H2,1H3. The lowest BCUT2D eigenvalue weighted by atomic mass is 10.6. The maximum atomic E-state index is 9.35. The minimum absolute atomic E-state index is 0.226. The average Bonchev–Trinajstić information content (AvgIpc) is 1.68. The molecule has 1 atom stereocenters. The number of aliphatic hydroxyl groups excluding tert-OH is 1. The first kappa shape index (κ1) is 6.52. The molecule has 0 aliphatic rings. The molecular weight excluding hydrogens is 96.0 g/mol. The molecule has 0 aliphatic heterocycles. The number of nitrogens with zero attached hydrogens (tertiary/aromatic N) is 1. The van der Waals surface area contributed by atoms with Gasteiger partial charge >= 0.3 is 0 Å². The van der Waals surface area contributed by atoms with Crippen LogP contribution in [0.5, 0.6) is 0 Å². The van der Waals surface area contributed by atoms with Crippen LogP contribution in [0.1, 0.15) is 0 Å². The lowest BCUT2D eigenvalue weighted by molar-refractivity contribution is 0.182. The van der Waals surface area contributed by atoms with E-state index < -0.39 is 6.23 Å². The topological polar surface area (TPSA) is 61.7 Å². The molecule has 0 aromatic carbocycles. The number of nitrogens with one attached hydrogen (secondary N) is 1. The molecule has 1 unspecified atom stereocenters. The number of hydrogen-bond donors (Lipinski definition) is 2. The predicted octanol–water partition coefficient (Wildman–Crippen LogP) is -0.709. The van der Waals surface area contributed by atoms with E-state index in [1.807, 2.05) is 0 Å². The van der Waals surface area contributed by atoms with E-state index in [0.717, 1.165) is 0 Å². The van der Waals surface area contributed by atoms with Crippen molar-refractivity contribution in [1.82, 2.24) is 5.32 Å². The van der Waals surface area contributed by atoms with Gasteiger partial charge in [-0.2, -0.15) is 0 Å². The van der Waals surface area contributed by atoms with Crippen molar-refractivity contribution < 1.29 is 5.11 Å². The summed E-state index contributed by atoms with van der Waals surface area (Å²) in [5, 5.41) is 13.2. The van der Waals surface area contributed by atoms with E-state index in [0.29, 0.717) is 0 Å². The Kier molecular flexibility index (Phi) is 3.45. The van der Waals surface area contributed by atoms with Crippen LogP contribution >= 0.6 is 0 Å². The molecular formula is C3H8N2O2. The maximum absolute atomic E-state index is 9.35. The number of hydrogen-bond acceptors (Lipinski definition) is 4. The fraction of sp³-hybridized carbons (Fsp3) is 1.00. The Labute approximate surface area is 41.5 Å². The number of likely N-dealkylation sites (N-methyl/N-ethyl adjacent to an activating group) is 1. The monoisotopic (exact) mass is 104 g/mol. The van der Waals surface area contributed by atoms with E-state index in [9.17, 15) is 4.91 Å². The molecule has 0 saturated carbocycles. The normalized spacial score (nSPS) is 13.4. The van der Waals surface area contributed by atoms with Crippen molar-refractivity contribution in [1.29, 1.82) is 0 Å². The van der Waals surface area contributed by atoms with Gasteiger partial charge in [-0.1, -0.05) is 0 Å². The summed E-state index contributed by atoms with van der Waals surface area (Å²) < 4.78 is 0. The molecule has 0 bridgehead atoms. The zero-order chi connectivity index (χ0) is 5.70. The minimum Gasteiger partial charge on any atom is -0.368 e. The Balaban J connectivity index is 2.98. The van der Waals surface area contributed by atoms with Crippen LogP contribution < -0.4 is 5.32 Å². The molecule has 4 nitrogen and oxygen atoms in total. The van der Waals surface area contributed by atoms with Crippen LogP contribution in [-0.4, -0.2) is 24.9 Å². The fourth-order valence-corrected chi connectivity index (χ4v) is 0.220. The van der Waals surface area contributed by atoms with Crippen molar-refractivity contribution in [3.63, 3.8) is 0 Å². The summed E-state index contributed by atoms with van der Waals surface area (Å²) in [6, 6.07) is 0. The van der Waals surface area contributed by atoms with Crippen LogP contribution in [0.2, 0.25) is 0 Å². The SMILES string of the molecule is CNCC(O)N=O. The lowest BCUT2D eigenvalue weighted by Gasteiger charge is -1.95. The van der Waals surface area contributed by atoms with Gasteiger partial charge in [0.05, 0.1) is 0 Å². The molecule has 0 amide bonds. The van der Waals surface area contributed by atoms with Crippen LogP contribution in [0.4, 0.5) is 0 Å². The van der Waals surface area contributed by atoms with Gasteiger partial charge in [0.15, 0.2) is 6.23 Å². The molecule has 2 N–H and O–H groups in total. The van der Waals surface area contributed by atoms with Crippen LogP contribution in [0, 0.1) is 4.91 Å². The van der Waals surface area contributed by atoms with Gasteiger partial charge in [-0.05, 0) is 12.2 Å². The molecule has 7 heavy (non-hydrogen) atoms. The maximum Gasteiger partial charge on any atom is 0.199 e. The second-order valence-corrected chi connectivity index (χ2v) is 1.14. The quantitative estimate of drug-likeness (QED) is 0.465. The van der Waals surface area contributed by atoms with E-state index in [-0.39, 0.29) is 6.54 Å². The molecule has 0 rings (SSSR count). The zero-order valence-electron chi connectivity index (χ0n) is 4.09. The Hall–Kier alpha value is -0.480. The smallest absolute Gasteiger partial charge is 0.199 e. The third-order valence-corrected chi connectivity index (χ3v) is 0.508. The number of rotatable bonds is 3. The average molecular weight is 104 g/mol. The van der Waals surface area contributed by atoms with Crippen molar-refractivity contribution in [2.75, 3.05) is 13.6 Å². The summed E-state index contributed by atoms with van der Waals surface area (Å²) in [5.74, 6) is 0. The fourth-order valence-electron chi connectivity index (χ4n) is 0.220. The Bertz CT molecular complexity index is 56.9. The molecule has 0 aliphatic carbocycles. The molecule has 0 aromatic heterocycles. The van der Waals surface area contributed by atoms with E-state index in [4.69, 9.17) is 5.11 Å². The van der Waals surface area contributed by atoms with Crippen LogP contribution in [0.3, 0.4) is 0 Å². The molecule has 0 aromatic rings. The van der Waals surface area contributed by atoms with E-state index in [2.05, 4.69) is 10.5 Å². The Morgan fingerprint density at radius 1 is 2.00 bits per heavy atom. The summed E-state index contributed by atoms with van der Waals surface area (Å²) in [4.78, 5) is 9.35. The van der Waals surface area contributed by atoms with Crippen molar-refractivity contribution >= 4 is 0 Å². The molecule has 4 heteroatoms. The van der Waals surface area contributed by atoms with Crippen molar-refractivity contribution in [3.05, 3.63) is 4.91 Å². The Morgan fingerprint density at radius 3 is 2.71 bits per heavy atom. The highest BCUT2D eigenvalue weighted by Crippen LogP contribution is 1.76. The molecule has 0 fully saturated rings. The summed E-state index contributed by atoms with van der Waals surface area (Å²) in [5.41, 5.74) is 0. The highest BCUT2D eigenvalue weighted by atomic mass is 16.3. The minimum atomic E-state index is -1.09. The summed E-state index contributed by atoms with van der Waals surface area (Å²) in [7, 11) is 1.63. The van der Waals surface area contributed by atoms with Gasteiger partial charge in [0.1, 0.15) is 0 Å². The van der Waals surface area contributed by atoms with Gasteiger partial charge in [-0.25, -0.2) is 0 Å². The van der Waals surface area contributed by atoms with Gasteiger partial charge in [0.25, 0.3) is 0 Å². The van der Waals surface area contributed by atoms with E-state index in [1.165, 1.54) is 0 Å². The van der Waals surface area contributed by atoms with Gasteiger partial charge in [0.2, 0.25) is 0 Å². The first-order valence-electron chi connectivity index (χ1n) is 1.96. The molecule has 0 radical (unpaired) electrons. The zero-order valence-corrected chi connectivity index (χ0v) is 4.09.